The number of hydrogen-bond acceptors (Lipinski definition) is 5. The smallest absolute Gasteiger partial charge is 0.271 e. The van der Waals surface area contributed by atoms with Crippen LogP contribution in [0.3, 0.4) is 0 Å². The molecule has 2 heterocycles. The van der Waals surface area contributed by atoms with Gasteiger partial charge >= 0.3 is 0 Å². The van der Waals surface area contributed by atoms with Crippen LogP contribution < -0.4 is 9.46 Å². The van der Waals surface area contributed by atoms with Crippen molar-refractivity contribution in [2.45, 2.75) is 36.8 Å². The van der Waals surface area contributed by atoms with Gasteiger partial charge in [-0.25, -0.2) is 8.42 Å². The number of anilines is 1. The Morgan fingerprint density at radius 3 is 2.44 bits per heavy atom. The molecule has 3 rings (SSSR count). The van der Waals surface area contributed by atoms with Crippen LogP contribution in [-0.2, 0) is 10.0 Å². The van der Waals surface area contributed by atoms with Gasteiger partial charge < -0.3 is 9.64 Å². The van der Waals surface area contributed by atoms with E-state index < -0.39 is 10.0 Å². The van der Waals surface area contributed by atoms with Crippen molar-refractivity contribution in [3.8, 4) is 5.75 Å². The lowest BCUT2D eigenvalue weighted by Crippen LogP contribution is -2.31. The highest BCUT2D eigenvalue weighted by Crippen LogP contribution is 2.25. The molecular formula is C19H24N2O4S2. The Balaban J connectivity index is 1.71. The average Bonchev–Trinajstić information content (AvgIpc) is 3.00. The second kappa shape index (κ2) is 8.75. The molecule has 1 amide bonds. The minimum absolute atomic E-state index is 0.0873. The number of benzene rings is 1. The maximum absolute atomic E-state index is 12.7. The monoisotopic (exact) mass is 408 g/mol. The first kappa shape index (κ1) is 19.7. The highest BCUT2D eigenvalue weighted by atomic mass is 32.2. The van der Waals surface area contributed by atoms with Crippen molar-refractivity contribution in [2.75, 3.05) is 24.4 Å². The molecule has 1 aromatic heterocycles. The van der Waals surface area contributed by atoms with Gasteiger partial charge in [-0.2, -0.15) is 0 Å². The number of thiophene rings is 1. The zero-order chi connectivity index (χ0) is 19.3. The molecule has 1 aliphatic heterocycles. The van der Waals surface area contributed by atoms with Crippen LogP contribution in [0.5, 0.6) is 5.75 Å². The molecule has 146 valence electrons. The van der Waals surface area contributed by atoms with Crippen LogP contribution in [0.4, 0.5) is 5.69 Å². The zero-order valence-corrected chi connectivity index (χ0v) is 16.9. The summed E-state index contributed by atoms with van der Waals surface area (Å²) in [6.07, 6.45) is 4.28. The molecule has 1 N–H and O–H groups in total. The van der Waals surface area contributed by atoms with Crippen molar-refractivity contribution in [3.63, 3.8) is 0 Å². The van der Waals surface area contributed by atoms with Gasteiger partial charge in [-0.15, -0.1) is 11.3 Å². The standard InChI is InChI=1S/C19H24N2O4S2/c1-2-25-17-9-7-16(8-10-17)20-27(23,24)18-13-15(14-26-18)19(22)21-11-5-3-4-6-12-21/h7-10,13-14,20H,2-6,11-12H2,1H3. The van der Waals surface area contributed by atoms with Crippen LogP contribution >= 0.6 is 11.3 Å². The first-order valence-electron chi connectivity index (χ1n) is 9.13. The van der Waals surface area contributed by atoms with Gasteiger partial charge in [0.1, 0.15) is 9.96 Å². The summed E-state index contributed by atoms with van der Waals surface area (Å²) >= 11 is 1.06. The van der Waals surface area contributed by atoms with E-state index in [2.05, 4.69) is 4.72 Å². The van der Waals surface area contributed by atoms with Crippen molar-refractivity contribution in [2.24, 2.45) is 0 Å². The molecule has 2 aromatic rings. The normalized spacial score (nSPS) is 15.2. The Morgan fingerprint density at radius 1 is 1.15 bits per heavy atom. The number of carbonyl (C=O) groups is 1. The molecule has 8 heteroatoms. The van der Waals surface area contributed by atoms with Crippen LogP contribution in [0, 0.1) is 0 Å². The van der Waals surface area contributed by atoms with Crippen molar-refractivity contribution in [3.05, 3.63) is 41.3 Å². The molecular weight excluding hydrogens is 384 g/mol. The summed E-state index contributed by atoms with van der Waals surface area (Å²) in [7, 11) is -3.73. The van der Waals surface area contributed by atoms with Gasteiger partial charge in [-0.1, -0.05) is 12.8 Å². The number of carbonyl (C=O) groups excluding carboxylic acids is 1. The van der Waals surface area contributed by atoms with E-state index in [0.717, 1.165) is 50.1 Å². The van der Waals surface area contributed by atoms with E-state index >= 15 is 0 Å². The van der Waals surface area contributed by atoms with E-state index in [9.17, 15) is 13.2 Å². The molecule has 0 radical (unpaired) electrons. The van der Waals surface area contributed by atoms with E-state index in [1.54, 1.807) is 29.6 Å². The first-order valence-corrected chi connectivity index (χ1v) is 11.5. The number of sulfonamides is 1. The van der Waals surface area contributed by atoms with E-state index in [-0.39, 0.29) is 10.1 Å². The Hall–Kier alpha value is -2.06. The molecule has 0 saturated carbocycles. The molecule has 1 aliphatic rings. The number of hydrogen-bond donors (Lipinski definition) is 1. The average molecular weight is 409 g/mol. The molecule has 0 atom stereocenters. The Morgan fingerprint density at radius 2 is 1.81 bits per heavy atom. The quantitative estimate of drug-likeness (QED) is 0.785. The number of rotatable bonds is 6. The van der Waals surface area contributed by atoms with E-state index in [1.165, 1.54) is 6.07 Å². The summed E-state index contributed by atoms with van der Waals surface area (Å²) in [6, 6.07) is 8.20. The Labute approximate surface area is 164 Å². The minimum Gasteiger partial charge on any atom is -0.494 e. The van der Waals surface area contributed by atoms with Gasteiger partial charge in [0.05, 0.1) is 12.2 Å². The van der Waals surface area contributed by atoms with Gasteiger partial charge in [0.2, 0.25) is 0 Å². The number of nitrogens with one attached hydrogen (secondary N) is 1. The molecule has 1 aromatic carbocycles. The van der Waals surface area contributed by atoms with Gasteiger partial charge in [0.25, 0.3) is 15.9 Å². The maximum atomic E-state index is 12.7. The fourth-order valence-corrected chi connectivity index (χ4v) is 5.23. The Bertz CT molecular complexity index is 867. The van der Waals surface area contributed by atoms with Gasteiger partial charge in [-0.3, -0.25) is 9.52 Å². The number of nitrogens with zero attached hydrogens (tertiary/aromatic N) is 1. The van der Waals surface area contributed by atoms with Crippen LogP contribution in [0.2, 0.25) is 0 Å². The fraction of sp³-hybridized carbons (Fsp3) is 0.421. The van der Waals surface area contributed by atoms with Crippen molar-refractivity contribution >= 4 is 33.0 Å². The van der Waals surface area contributed by atoms with E-state index in [4.69, 9.17) is 4.74 Å². The number of likely N-dealkylation sites (tertiary alicyclic amines) is 1. The summed E-state index contributed by atoms with van der Waals surface area (Å²) in [5.74, 6) is 0.595. The molecule has 0 aliphatic carbocycles. The third-order valence-corrected chi connectivity index (χ3v) is 7.22. The Kier molecular flexibility index (Phi) is 6.38. The summed E-state index contributed by atoms with van der Waals surface area (Å²) in [4.78, 5) is 14.5. The number of amides is 1. The molecule has 0 spiro atoms. The van der Waals surface area contributed by atoms with Crippen LogP contribution in [0.25, 0.3) is 0 Å². The lowest BCUT2D eigenvalue weighted by molar-refractivity contribution is 0.0762. The SMILES string of the molecule is CCOc1ccc(NS(=O)(=O)c2cc(C(=O)N3CCCCCC3)cs2)cc1. The van der Waals surface area contributed by atoms with Crippen LogP contribution in [-0.4, -0.2) is 38.9 Å². The van der Waals surface area contributed by atoms with Crippen molar-refractivity contribution in [1.29, 1.82) is 0 Å². The van der Waals surface area contributed by atoms with Crippen LogP contribution in [0.1, 0.15) is 43.0 Å². The van der Waals surface area contributed by atoms with Gasteiger partial charge in [-0.05, 0) is 50.1 Å². The topological polar surface area (TPSA) is 75.7 Å². The highest BCUT2D eigenvalue weighted by molar-refractivity contribution is 7.94. The van der Waals surface area contributed by atoms with Crippen molar-refractivity contribution in [1.82, 2.24) is 4.90 Å². The maximum Gasteiger partial charge on any atom is 0.271 e. The molecule has 27 heavy (non-hydrogen) atoms. The lowest BCUT2D eigenvalue weighted by atomic mass is 10.2. The third kappa shape index (κ3) is 5.01. The third-order valence-electron chi connectivity index (χ3n) is 4.40. The summed E-state index contributed by atoms with van der Waals surface area (Å²) in [5, 5.41) is 1.62. The van der Waals surface area contributed by atoms with Crippen molar-refractivity contribution < 1.29 is 17.9 Å². The molecule has 1 fully saturated rings. The fourth-order valence-electron chi connectivity index (χ4n) is 3.02. The molecule has 1 saturated heterocycles. The molecule has 0 unspecified atom stereocenters. The first-order chi connectivity index (χ1) is 13.0. The molecule has 6 nitrogen and oxygen atoms in total. The van der Waals surface area contributed by atoms with Gasteiger partial charge in [0.15, 0.2) is 0 Å². The summed E-state index contributed by atoms with van der Waals surface area (Å²) < 4.78 is 33.3. The lowest BCUT2D eigenvalue weighted by Gasteiger charge is -2.19. The van der Waals surface area contributed by atoms with Gasteiger partial charge in [0, 0.05) is 24.2 Å². The second-order valence-corrected chi connectivity index (χ2v) is 9.24. The second-order valence-electron chi connectivity index (χ2n) is 6.42. The molecule has 0 bridgehead atoms. The summed E-state index contributed by atoms with van der Waals surface area (Å²) in [6.45, 7) is 3.91. The largest absolute Gasteiger partial charge is 0.494 e. The highest BCUT2D eigenvalue weighted by Gasteiger charge is 2.22. The minimum atomic E-state index is -3.73. The predicted molar refractivity (Wildman–Crippen MR) is 107 cm³/mol. The van der Waals surface area contributed by atoms with E-state index in [1.807, 2.05) is 11.8 Å². The predicted octanol–water partition coefficient (Wildman–Crippen LogP) is 3.96. The zero-order valence-electron chi connectivity index (χ0n) is 15.3. The number of ether oxygens (including phenoxy) is 1. The van der Waals surface area contributed by atoms with E-state index in [0.29, 0.717) is 23.6 Å². The van der Waals surface area contributed by atoms with Crippen LogP contribution in [0.15, 0.2) is 39.9 Å². The summed E-state index contributed by atoms with van der Waals surface area (Å²) in [5.41, 5.74) is 0.890.